The van der Waals surface area contributed by atoms with E-state index in [1.54, 1.807) is 6.92 Å². The molecule has 17 heavy (non-hydrogen) atoms. The summed E-state index contributed by atoms with van der Waals surface area (Å²) in [7, 11) is -3.06. The Hall–Kier alpha value is -0.130. The van der Waals surface area contributed by atoms with E-state index in [-0.39, 0.29) is 16.7 Å². The molecule has 0 saturated carbocycles. The van der Waals surface area contributed by atoms with Crippen LogP contribution in [0.25, 0.3) is 0 Å². The average molecular weight is 264 g/mol. The first-order chi connectivity index (χ1) is 7.47. The average Bonchev–Trinajstić information content (AvgIpc) is 2.09. The van der Waals surface area contributed by atoms with Crippen LogP contribution in [-0.4, -0.2) is 32.8 Å². The van der Waals surface area contributed by atoms with Gasteiger partial charge in [-0.15, -0.1) is 0 Å². The van der Waals surface area contributed by atoms with Crippen molar-refractivity contribution < 1.29 is 8.42 Å². The molecule has 0 aliphatic carbocycles. The van der Waals surface area contributed by atoms with Crippen LogP contribution in [0.4, 0.5) is 0 Å². The standard InChI is InChI=1S/C12H28N2O2S/c1-7-17(15,16)14-9-8-13-12(5,6)10-11(2,3)4/h13-14H,7-10H2,1-6H3. The lowest BCUT2D eigenvalue weighted by atomic mass is 9.82. The van der Waals surface area contributed by atoms with Crippen LogP contribution in [0.1, 0.15) is 48.0 Å². The summed E-state index contributed by atoms with van der Waals surface area (Å²) in [6, 6.07) is 0. The first-order valence-electron chi connectivity index (χ1n) is 6.20. The van der Waals surface area contributed by atoms with Crippen molar-refractivity contribution in [1.82, 2.24) is 10.0 Å². The van der Waals surface area contributed by atoms with E-state index in [1.807, 2.05) is 0 Å². The lowest BCUT2D eigenvalue weighted by molar-refractivity contribution is 0.243. The maximum absolute atomic E-state index is 11.2. The maximum atomic E-state index is 11.2. The molecule has 0 saturated heterocycles. The molecular formula is C12H28N2O2S. The summed E-state index contributed by atoms with van der Waals surface area (Å²) in [6.07, 6.45) is 1.04. The molecule has 0 amide bonds. The van der Waals surface area contributed by atoms with E-state index >= 15 is 0 Å². The Kier molecular flexibility index (Phi) is 6.11. The zero-order chi connectivity index (χ0) is 13.7. The number of rotatable bonds is 7. The molecule has 2 N–H and O–H groups in total. The summed E-state index contributed by atoms with van der Waals surface area (Å²) < 4.78 is 25.0. The predicted molar refractivity (Wildman–Crippen MR) is 73.6 cm³/mol. The highest BCUT2D eigenvalue weighted by atomic mass is 32.2. The van der Waals surface area contributed by atoms with E-state index in [9.17, 15) is 8.42 Å². The molecule has 0 unspecified atom stereocenters. The van der Waals surface area contributed by atoms with Crippen molar-refractivity contribution in [2.75, 3.05) is 18.8 Å². The van der Waals surface area contributed by atoms with Crippen LogP contribution in [0.2, 0.25) is 0 Å². The van der Waals surface area contributed by atoms with Gasteiger partial charge in [0, 0.05) is 18.6 Å². The van der Waals surface area contributed by atoms with Crippen molar-refractivity contribution in [3.8, 4) is 0 Å². The van der Waals surface area contributed by atoms with Crippen LogP contribution in [0.15, 0.2) is 0 Å². The normalized spacial score (nSPS) is 14.0. The molecule has 0 aliphatic rings. The molecule has 0 atom stereocenters. The zero-order valence-electron chi connectivity index (χ0n) is 12.1. The van der Waals surface area contributed by atoms with Gasteiger partial charge in [0.1, 0.15) is 0 Å². The van der Waals surface area contributed by atoms with E-state index in [2.05, 4.69) is 44.7 Å². The van der Waals surface area contributed by atoms with Gasteiger partial charge in [0.15, 0.2) is 0 Å². The minimum absolute atomic E-state index is 0.0237. The smallest absolute Gasteiger partial charge is 0.211 e. The van der Waals surface area contributed by atoms with Crippen LogP contribution in [0, 0.1) is 5.41 Å². The molecule has 0 rings (SSSR count). The molecule has 0 aliphatic heterocycles. The van der Waals surface area contributed by atoms with Gasteiger partial charge in [0.05, 0.1) is 5.75 Å². The van der Waals surface area contributed by atoms with Crippen molar-refractivity contribution in [2.24, 2.45) is 5.41 Å². The van der Waals surface area contributed by atoms with Crippen LogP contribution in [0.5, 0.6) is 0 Å². The fourth-order valence-corrected chi connectivity index (χ4v) is 2.71. The fourth-order valence-electron chi connectivity index (χ4n) is 2.10. The van der Waals surface area contributed by atoms with E-state index in [0.29, 0.717) is 13.1 Å². The summed E-state index contributed by atoms with van der Waals surface area (Å²) in [5.41, 5.74) is 0.287. The lowest BCUT2D eigenvalue weighted by Gasteiger charge is -2.33. The molecule has 0 bridgehead atoms. The first kappa shape index (κ1) is 16.9. The van der Waals surface area contributed by atoms with Gasteiger partial charge in [-0.2, -0.15) is 0 Å². The molecule has 0 radical (unpaired) electrons. The van der Waals surface area contributed by atoms with Gasteiger partial charge in [-0.05, 0) is 32.6 Å². The summed E-state index contributed by atoms with van der Waals surface area (Å²) in [5.74, 6) is 0.137. The Morgan fingerprint density at radius 3 is 1.94 bits per heavy atom. The molecule has 0 aromatic rings. The number of sulfonamides is 1. The van der Waals surface area contributed by atoms with Crippen molar-refractivity contribution in [2.45, 2.75) is 53.5 Å². The molecule has 5 heteroatoms. The highest BCUT2D eigenvalue weighted by Gasteiger charge is 2.24. The molecule has 0 spiro atoms. The number of hydrogen-bond donors (Lipinski definition) is 2. The molecule has 0 aromatic carbocycles. The minimum atomic E-state index is -3.06. The second-order valence-electron chi connectivity index (χ2n) is 6.35. The van der Waals surface area contributed by atoms with Gasteiger partial charge in [0.2, 0.25) is 10.0 Å². The Morgan fingerprint density at radius 1 is 1.00 bits per heavy atom. The Balaban J connectivity index is 3.96. The second kappa shape index (κ2) is 6.16. The summed E-state index contributed by atoms with van der Waals surface area (Å²) in [6.45, 7) is 13.6. The van der Waals surface area contributed by atoms with Gasteiger partial charge in [-0.25, -0.2) is 13.1 Å². The third kappa shape index (κ3) is 9.56. The highest BCUT2D eigenvalue weighted by molar-refractivity contribution is 7.89. The molecule has 0 heterocycles. The van der Waals surface area contributed by atoms with Crippen molar-refractivity contribution in [1.29, 1.82) is 0 Å². The van der Waals surface area contributed by atoms with Crippen molar-refractivity contribution in [3.63, 3.8) is 0 Å². The third-order valence-corrected chi connectivity index (χ3v) is 3.81. The molecule has 0 aromatic heterocycles. The molecule has 0 fully saturated rings. The molecule has 104 valence electrons. The number of hydrogen-bond acceptors (Lipinski definition) is 3. The Bertz CT molecular complexity index is 316. The minimum Gasteiger partial charge on any atom is -0.310 e. The van der Waals surface area contributed by atoms with Crippen molar-refractivity contribution in [3.05, 3.63) is 0 Å². The Morgan fingerprint density at radius 2 is 1.53 bits per heavy atom. The van der Waals surface area contributed by atoms with Crippen LogP contribution in [0.3, 0.4) is 0 Å². The van der Waals surface area contributed by atoms with Crippen LogP contribution in [-0.2, 0) is 10.0 Å². The van der Waals surface area contributed by atoms with Gasteiger partial charge < -0.3 is 5.32 Å². The summed E-state index contributed by atoms with van der Waals surface area (Å²) in [4.78, 5) is 0. The van der Waals surface area contributed by atoms with E-state index in [0.717, 1.165) is 6.42 Å². The van der Waals surface area contributed by atoms with E-state index in [4.69, 9.17) is 0 Å². The largest absolute Gasteiger partial charge is 0.310 e. The maximum Gasteiger partial charge on any atom is 0.211 e. The first-order valence-corrected chi connectivity index (χ1v) is 7.85. The van der Waals surface area contributed by atoms with Gasteiger partial charge in [-0.1, -0.05) is 20.8 Å². The molecular weight excluding hydrogens is 236 g/mol. The quantitative estimate of drug-likeness (QED) is 0.689. The summed E-state index contributed by atoms with van der Waals surface area (Å²) in [5, 5.41) is 3.39. The monoisotopic (exact) mass is 264 g/mol. The Labute approximate surface area is 107 Å². The van der Waals surface area contributed by atoms with E-state index < -0.39 is 10.0 Å². The highest BCUT2D eigenvalue weighted by Crippen LogP contribution is 2.26. The SMILES string of the molecule is CCS(=O)(=O)NCCNC(C)(C)CC(C)(C)C. The van der Waals surface area contributed by atoms with Gasteiger partial charge >= 0.3 is 0 Å². The van der Waals surface area contributed by atoms with Gasteiger partial charge in [-0.3, -0.25) is 0 Å². The molecule has 4 nitrogen and oxygen atoms in total. The zero-order valence-corrected chi connectivity index (χ0v) is 12.9. The fraction of sp³-hybridized carbons (Fsp3) is 1.00. The van der Waals surface area contributed by atoms with E-state index in [1.165, 1.54) is 0 Å². The predicted octanol–water partition coefficient (Wildman–Crippen LogP) is 1.73. The van der Waals surface area contributed by atoms with Crippen molar-refractivity contribution >= 4 is 10.0 Å². The lowest BCUT2D eigenvalue weighted by Crippen LogP contribution is -2.45. The van der Waals surface area contributed by atoms with Crippen LogP contribution < -0.4 is 10.0 Å². The third-order valence-electron chi connectivity index (χ3n) is 2.40. The van der Waals surface area contributed by atoms with Crippen LogP contribution >= 0.6 is 0 Å². The topological polar surface area (TPSA) is 58.2 Å². The summed E-state index contributed by atoms with van der Waals surface area (Å²) >= 11 is 0. The number of nitrogens with one attached hydrogen (secondary N) is 2. The second-order valence-corrected chi connectivity index (χ2v) is 8.44. The van der Waals surface area contributed by atoms with Gasteiger partial charge in [0.25, 0.3) is 0 Å².